The highest BCUT2D eigenvalue weighted by molar-refractivity contribution is 7.89. The average molecular weight is 336 g/mol. The number of aryl methyl sites for hydroxylation is 1. The Kier molecular flexibility index (Phi) is 5.51. The Bertz CT molecular complexity index is 741. The van der Waals surface area contributed by atoms with E-state index in [9.17, 15) is 12.8 Å². The molecular formula is C17H21FN2O2S. The van der Waals surface area contributed by atoms with Crippen LogP contribution in [-0.4, -0.2) is 34.0 Å². The molecule has 0 saturated heterocycles. The normalized spacial score (nSPS) is 13.3. The van der Waals surface area contributed by atoms with Crippen molar-refractivity contribution in [1.29, 1.82) is 0 Å². The number of hydrogen-bond acceptors (Lipinski definition) is 3. The lowest BCUT2D eigenvalue weighted by atomic mass is 10.1. The third kappa shape index (κ3) is 4.60. The number of benzene rings is 2. The van der Waals surface area contributed by atoms with Crippen LogP contribution in [-0.2, 0) is 10.0 Å². The van der Waals surface area contributed by atoms with E-state index in [0.29, 0.717) is 0 Å². The minimum atomic E-state index is -3.57. The second kappa shape index (κ2) is 7.21. The molecule has 0 bridgehead atoms. The highest BCUT2D eigenvalue weighted by Gasteiger charge is 2.19. The summed E-state index contributed by atoms with van der Waals surface area (Å²) in [5, 5.41) is 0. The van der Waals surface area contributed by atoms with Gasteiger partial charge >= 0.3 is 0 Å². The zero-order chi connectivity index (χ0) is 17.0. The zero-order valence-electron chi connectivity index (χ0n) is 13.5. The van der Waals surface area contributed by atoms with E-state index in [1.165, 1.54) is 12.1 Å². The molecule has 2 rings (SSSR count). The summed E-state index contributed by atoms with van der Waals surface area (Å²) in [6.07, 6.45) is 0. The van der Waals surface area contributed by atoms with Gasteiger partial charge in [0.2, 0.25) is 10.0 Å². The standard InChI is InChI=1S/C17H21FN2O2S/c1-13-4-10-16(11-5-13)23(21,22)19-12-17(20(2)3)14-6-8-15(18)9-7-14/h4-11,17,19H,12H2,1-3H3. The SMILES string of the molecule is Cc1ccc(S(=O)(=O)NCC(c2ccc(F)cc2)N(C)C)cc1. The van der Waals surface area contributed by atoms with Gasteiger partial charge in [-0.3, -0.25) is 0 Å². The van der Waals surface area contributed by atoms with E-state index < -0.39 is 10.0 Å². The van der Waals surface area contributed by atoms with Crippen molar-refractivity contribution in [1.82, 2.24) is 9.62 Å². The Morgan fingerprint density at radius 3 is 2.13 bits per heavy atom. The summed E-state index contributed by atoms with van der Waals surface area (Å²) < 4.78 is 40.4. The van der Waals surface area contributed by atoms with Gasteiger partial charge in [0.15, 0.2) is 0 Å². The van der Waals surface area contributed by atoms with Gasteiger partial charge in [-0.1, -0.05) is 29.8 Å². The molecule has 0 radical (unpaired) electrons. The molecule has 1 N–H and O–H groups in total. The molecule has 124 valence electrons. The Morgan fingerprint density at radius 1 is 1.04 bits per heavy atom. The molecule has 0 aliphatic heterocycles. The second-order valence-corrected chi connectivity index (χ2v) is 7.46. The van der Waals surface area contributed by atoms with Crippen LogP contribution in [0.4, 0.5) is 4.39 Å². The minimum Gasteiger partial charge on any atom is -0.301 e. The summed E-state index contributed by atoms with van der Waals surface area (Å²) in [6, 6.07) is 12.6. The second-order valence-electron chi connectivity index (χ2n) is 5.70. The molecule has 1 atom stereocenters. The third-order valence-corrected chi connectivity index (χ3v) is 5.12. The van der Waals surface area contributed by atoms with Crippen molar-refractivity contribution in [3.63, 3.8) is 0 Å². The Hall–Kier alpha value is -1.76. The van der Waals surface area contributed by atoms with Crippen molar-refractivity contribution in [3.05, 3.63) is 65.5 Å². The van der Waals surface area contributed by atoms with Crippen molar-refractivity contribution in [2.75, 3.05) is 20.6 Å². The number of hydrogen-bond donors (Lipinski definition) is 1. The van der Waals surface area contributed by atoms with Gasteiger partial charge in [0.25, 0.3) is 0 Å². The maximum absolute atomic E-state index is 13.1. The van der Waals surface area contributed by atoms with Gasteiger partial charge in [-0.25, -0.2) is 17.5 Å². The van der Waals surface area contributed by atoms with Crippen LogP contribution in [0, 0.1) is 12.7 Å². The quantitative estimate of drug-likeness (QED) is 0.882. The molecule has 1 unspecified atom stereocenters. The van der Waals surface area contributed by atoms with Crippen molar-refractivity contribution in [2.24, 2.45) is 0 Å². The topological polar surface area (TPSA) is 49.4 Å². The van der Waals surface area contributed by atoms with E-state index in [4.69, 9.17) is 0 Å². The molecule has 0 aliphatic rings. The summed E-state index contributed by atoms with van der Waals surface area (Å²) in [6.45, 7) is 2.11. The molecule has 0 heterocycles. The number of rotatable bonds is 6. The van der Waals surface area contributed by atoms with Crippen LogP contribution in [0.25, 0.3) is 0 Å². The summed E-state index contributed by atoms with van der Waals surface area (Å²) in [5.74, 6) is -0.313. The summed E-state index contributed by atoms with van der Waals surface area (Å²) in [7, 11) is 0.138. The van der Waals surface area contributed by atoms with E-state index in [1.807, 2.05) is 25.9 Å². The zero-order valence-corrected chi connectivity index (χ0v) is 14.3. The number of sulfonamides is 1. The molecule has 0 amide bonds. The van der Waals surface area contributed by atoms with E-state index in [-0.39, 0.29) is 23.3 Å². The Balaban J connectivity index is 2.15. The van der Waals surface area contributed by atoms with Crippen LogP contribution in [0.3, 0.4) is 0 Å². The monoisotopic (exact) mass is 336 g/mol. The molecule has 23 heavy (non-hydrogen) atoms. The molecular weight excluding hydrogens is 315 g/mol. The van der Waals surface area contributed by atoms with E-state index in [1.54, 1.807) is 36.4 Å². The van der Waals surface area contributed by atoms with Crippen LogP contribution >= 0.6 is 0 Å². The largest absolute Gasteiger partial charge is 0.301 e. The van der Waals surface area contributed by atoms with E-state index in [2.05, 4.69) is 4.72 Å². The maximum atomic E-state index is 13.1. The average Bonchev–Trinajstić information content (AvgIpc) is 2.49. The maximum Gasteiger partial charge on any atom is 0.240 e. The number of nitrogens with zero attached hydrogens (tertiary/aromatic N) is 1. The molecule has 0 saturated carbocycles. The molecule has 0 fully saturated rings. The fourth-order valence-corrected chi connectivity index (χ4v) is 3.31. The number of halogens is 1. The number of likely N-dealkylation sites (N-methyl/N-ethyl adjacent to an activating group) is 1. The van der Waals surface area contributed by atoms with Crippen molar-refractivity contribution < 1.29 is 12.8 Å². The van der Waals surface area contributed by atoms with Gasteiger partial charge < -0.3 is 4.90 Å². The molecule has 6 heteroatoms. The molecule has 2 aromatic carbocycles. The first-order valence-corrected chi connectivity index (χ1v) is 8.76. The van der Waals surface area contributed by atoms with Gasteiger partial charge in [0.1, 0.15) is 5.82 Å². The van der Waals surface area contributed by atoms with Crippen LogP contribution in [0.2, 0.25) is 0 Å². The highest BCUT2D eigenvalue weighted by Crippen LogP contribution is 2.19. The van der Waals surface area contributed by atoms with Gasteiger partial charge in [-0.05, 0) is 50.8 Å². The van der Waals surface area contributed by atoms with Gasteiger partial charge in [0.05, 0.1) is 4.90 Å². The van der Waals surface area contributed by atoms with Gasteiger partial charge in [-0.2, -0.15) is 0 Å². The molecule has 0 aromatic heterocycles. The van der Waals surface area contributed by atoms with Crippen molar-refractivity contribution in [3.8, 4) is 0 Å². The van der Waals surface area contributed by atoms with Crippen LogP contribution in [0.1, 0.15) is 17.2 Å². The van der Waals surface area contributed by atoms with Crippen molar-refractivity contribution >= 4 is 10.0 Å². The van der Waals surface area contributed by atoms with Gasteiger partial charge in [-0.15, -0.1) is 0 Å². The van der Waals surface area contributed by atoms with Crippen LogP contribution < -0.4 is 4.72 Å². The van der Waals surface area contributed by atoms with Gasteiger partial charge in [0, 0.05) is 12.6 Å². The molecule has 4 nitrogen and oxygen atoms in total. The Morgan fingerprint density at radius 2 is 1.61 bits per heavy atom. The molecule has 0 spiro atoms. The first kappa shape index (κ1) is 17.6. The minimum absolute atomic E-state index is 0.184. The third-order valence-electron chi connectivity index (χ3n) is 3.68. The predicted octanol–water partition coefficient (Wildman–Crippen LogP) is 2.72. The summed E-state index contributed by atoms with van der Waals surface area (Å²) in [4.78, 5) is 2.13. The molecule has 2 aromatic rings. The lowest BCUT2D eigenvalue weighted by Gasteiger charge is -2.25. The van der Waals surface area contributed by atoms with E-state index >= 15 is 0 Å². The fourth-order valence-electron chi connectivity index (χ4n) is 2.27. The van der Waals surface area contributed by atoms with Crippen LogP contribution in [0.15, 0.2) is 53.4 Å². The summed E-state index contributed by atoms with van der Waals surface area (Å²) >= 11 is 0. The van der Waals surface area contributed by atoms with Crippen LogP contribution in [0.5, 0.6) is 0 Å². The lowest BCUT2D eigenvalue weighted by molar-refractivity contribution is 0.299. The predicted molar refractivity (Wildman–Crippen MR) is 89.2 cm³/mol. The summed E-state index contributed by atoms with van der Waals surface area (Å²) in [5.41, 5.74) is 1.85. The first-order chi connectivity index (χ1) is 10.8. The van der Waals surface area contributed by atoms with E-state index in [0.717, 1.165) is 11.1 Å². The van der Waals surface area contributed by atoms with Crippen molar-refractivity contribution in [2.45, 2.75) is 17.9 Å². The first-order valence-electron chi connectivity index (χ1n) is 7.28. The fraction of sp³-hybridized carbons (Fsp3) is 0.294. The number of nitrogens with one attached hydrogen (secondary N) is 1. The lowest BCUT2D eigenvalue weighted by Crippen LogP contribution is -2.34. The smallest absolute Gasteiger partial charge is 0.240 e. The highest BCUT2D eigenvalue weighted by atomic mass is 32.2. The molecule has 0 aliphatic carbocycles. The Labute approximate surface area is 137 Å².